The monoisotopic (exact) mass is 326 g/mol. The molecule has 0 saturated heterocycles. The average Bonchev–Trinajstić information content (AvgIpc) is 2.73. The van der Waals surface area contributed by atoms with E-state index in [4.69, 9.17) is 16.9 Å². The highest BCUT2D eigenvalue weighted by Crippen LogP contribution is 2.23. The summed E-state index contributed by atoms with van der Waals surface area (Å²) in [7, 11) is 0. The Kier molecular flexibility index (Phi) is 4.06. The standard InChI is InChI=1S/C12H8BrClN2S/c13-9-4-11(17-7-9)6-16-12-2-1-10(14)3-8(12)5-15/h1-4,7,16H,6H2. The van der Waals surface area contributed by atoms with Crippen LogP contribution in [0.2, 0.25) is 5.02 Å². The van der Waals surface area contributed by atoms with Crippen LogP contribution in [0.1, 0.15) is 10.4 Å². The second-order valence-electron chi connectivity index (χ2n) is 3.39. The van der Waals surface area contributed by atoms with Gasteiger partial charge in [0.25, 0.3) is 0 Å². The Morgan fingerprint density at radius 1 is 1.41 bits per heavy atom. The fourth-order valence-corrected chi connectivity index (χ4v) is 2.95. The van der Waals surface area contributed by atoms with Crippen LogP contribution in [-0.2, 0) is 6.54 Å². The number of hydrogen-bond acceptors (Lipinski definition) is 3. The van der Waals surface area contributed by atoms with Crippen molar-refractivity contribution in [2.24, 2.45) is 0 Å². The summed E-state index contributed by atoms with van der Waals surface area (Å²) in [6, 6.07) is 9.44. The van der Waals surface area contributed by atoms with Gasteiger partial charge >= 0.3 is 0 Å². The largest absolute Gasteiger partial charge is 0.379 e. The highest BCUT2D eigenvalue weighted by Gasteiger charge is 2.03. The molecule has 0 aliphatic rings. The van der Waals surface area contributed by atoms with E-state index in [-0.39, 0.29) is 0 Å². The summed E-state index contributed by atoms with van der Waals surface area (Å²) in [6.45, 7) is 0.701. The molecule has 1 aromatic carbocycles. The summed E-state index contributed by atoms with van der Waals surface area (Å²) in [5.41, 5.74) is 1.37. The minimum Gasteiger partial charge on any atom is -0.379 e. The molecule has 2 aromatic rings. The zero-order valence-corrected chi connectivity index (χ0v) is 11.9. The molecule has 0 atom stereocenters. The highest BCUT2D eigenvalue weighted by molar-refractivity contribution is 9.10. The summed E-state index contributed by atoms with van der Waals surface area (Å²) in [6.07, 6.45) is 0. The van der Waals surface area contributed by atoms with Gasteiger partial charge in [0.2, 0.25) is 0 Å². The summed E-state index contributed by atoms with van der Waals surface area (Å²) in [4.78, 5) is 1.20. The highest BCUT2D eigenvalue weighted by atomic mass is 79.9. The van der Waals surface area contributed by atoms with Crippen LogP contribution in [0.3, 0.4) is 0 Å². The predicted octanol–water partition coefficient (Wildman–Crippen LogP) is 4.65. The number of nitrogens with one attached hydrogen (secondary N) is 1. The molecule has 5 heteroatoms. The molecule has 0 saturated carbocycles. The van der Waals surface area contributed by atoms with E-state index in [1.165, 1.54) is 4.88 Å². The summed E-state index contributed by atoms with van der Waals surface area (Å²) in [5.74, 6) is 0. The van der Waals surface area contributed by atoms with E-state index in [0.29, 0.717) is 17.1 Å². The average molecular weight is 328 g/mol. The van der Waals surface area contributed by atoms with Gasteiger partial charge < -0.3 is 5.32 Å². The minimum atomic E-state index is 0.563. The van der Waals surface area contributed by atoms with Gasteiger partial charge in [0.15, 0.2) is 0 Å². The van der Waals surface area contributed by atoms with E-state index in [0.717, 1.165) is 10.2 Å². The van der Waals surface area contributed by atoms with Crippen molar-refractivity contribution in [3.63, 3.8) is 0 Å². The van der Waals surface area contributed by atoms with Crippen LogP contribution in [0.15, 0.2) is 34.1 Å². The first-order valence-electron chi connectivity index (χ1n) is 4.85. The first-order valence-corrected chi connectivity index (χ1v) is 6.90. The Balaban J connectivity index is 2.12. The van der Waals surface area contributed by atoms with Crippen LogP contribution in [-0.4, -0.2) is 0 Å². The fourth-order valence-electron chi connectivity index (χ4n) is 1.39. The van der Waals surface area contributed by atoms with Gasteiger partial charge in [-0.15, -0.1) is 11.3 Å². The predicted molar refractivity (Wildman–Crippen MR) is 75.5 cm³/mol. The van der Waals surface area contributed by atoms with Gasteiger partial charge in [-0.1, -0.05) is 11.6 Å². The lowest BCUT2D eigenvalue weighted by Gasteiger charge is -2.06. The van der Waals surface area contributed by atoms with Gasteiger partial charge in [0, 0.05) is 26.3 Å². The van der Waals surface area contributed by atoms with Crippen molar-refractivity contribution in [2.45, 2.75) is 6.54 Å². The zero-order chi connectivity index (χ0) is 12.3. The van der Waals surface area contributed by atoms with Crippen molar-refractivity contribution in [1.29, 1.82) is 5.26 Å². The number of benzene rings is 1. The van der Waals surface area contributed by atoms with E-state index in [1.807, 2.05) is 11.4 Å². The van der Waals surface area contributed by atoms with E-state index in [1.54, 1.807) is 23.5 Å². The maximum Gasteiger partial charge on any atom is 0.101 e. The molecule has 0 radical (unpaired) electrons. The van der Waals surface area contributed by atoms with Crippen molar-refractivity contribution in [3.8, 4) is 6.07 Å². The van der Waals surface area contributed by atoms with Crippen molar-refractivity contribution in [1.82, 2.24) is 0 Å². The van der Waals surface area contributed by atoms with Gasteiger partial charge in [-0.25, -0.2) is 0 Å². The molecule has 0 unspecified atom stereocenters. The second-order valence-corrected chi connectivity index (χ2v) is 5.73. The molecule has 17 heavy (non-hydrogen) atoms. The molecule has 0 amide bonds. The molecule has 2 nitrogen and oxygen atoms in total. The number of anilines is 1. The van der Waals surface area contributed by atoms with Crippen LogP contribution < -0.4 is 5.32 Å². The molecule has 0 spiro atoms. The molecule has 86 valence electrons. The summed E-state index contributed by atoms with van der Waals surface area (Å²) in [5, 5.41) is 14.8. The van der Waals surface area contributed by atoms with E-state index < -0.39 is 0 Å². The Labute approximate surface area is 117 Å². The van der Waals surface area contributed by atoms with Gasteiger partial charge in [-0.2, -0.15) is 5.26 Å². The molecule has 0 aliphatic carbocycles. The Morgan fingerprint density at radius 2 is 2.24 bits per heavy atom. The van der Waals surface area contributed by atoms with Crippen molar-refractivity contribution < 1.29 is 0 Å². The quantitative estimate of drug-likeness (QED) is 0.891. The van der Waals surface area contributed by atoms with Gasteiger partial charge in [-0.05, 0) is 40.2 Å². The van der Waals surface area contributed by atoms with Crippen LogP contribution >= 0.6 is 38.9 Å². The number of hydrogen-bond donors (Lipinski definition) is 1. The van der Waals surface area contributed by atoms with Crippen LogP contribution in [0.4, 0.5) is 5.69 Å². The number of halogens is 2. The lowest BCUT2D eigenvalue weighted by Crippen LogP contribution is -1.99. The Hall–Kier alpha value is -1.02. The molecule has 0 aliphatic heterocycles. The van der Waals surface area contributed by atoms with Crippen molar-refractivity contribution in [3.05, 3.63) is 49.6 Å². The molecule has 2 rings (SSSR count). The molecule has 1 N–H and O–H groups in total. The normalized spacial score (nSPS) is 9.94. The third kappa shape index (κ3) is 3.22. The maximum atomic E-state index is 8.99. The lowest BCUT2D eigenvalue weighted by molar-refractivity contribution is 1.19. The fraction of sp³-hybridized carbons (Fsp3) is 0.0833. The van der Waals surface area contributed by atoms with Gasteiger partial charge in [0.05, 0.1) is 11.3 Å². The molecule has 1 aromatic heterocycles. The smallest absolute Gasteiger partial charge is 0.101 e. The first kappa shape index (κ1) is 12.4. The summed E-state index contributed by atoms with van der Waals surface area (Å²) >= 11 is 10.9. The Bertz CT molecular complexity index is 574. The van der Waals surface area contributed by atoms with Gasteiger partial charge in [-0.3, -0.25) is 0 Å². The Morgan fingerprint density at radius 3 is 2.88 bits per heavy atom. The number of rotatable bonds is 3. The molecule has 0 bridgehead atoms. The SMILES string of the molecule is N#Cc1cc(Cl)ccc1NCc1cc(Br)cs1. The van der Waals surface area contributed by atoms with Gasteiger partial charge in [0.1, 0.15) is 6.07 Å². The van der Waals surface area contributed by atoms with Crippen LogP contribution in [0.5, 0.6) is 0 Å². The third-order valence-electron chi connectivity index (χ3n) is 2.18. The topological polar surface area (TPSA) is 35.8 Å². The molecule has 1 heterocycles. The second kappa shape index (κ2) is 5.54. The zero-order valence-electron chi connectivity index (χ0n) is 8.71. The van der Waals surface area contributed by atoms with Crippen molar-refractivity contribution in [2.75, 3.05) is 5.32 Å². The molecular formula is C12H8BrClN2S. The molecular weight excluding hydrogens is 320 g/mol. The number of nitriles is 1. The maximum absolute atomic E-state index is 8.99. The third-order valence-corrected chi connectivity index (χ3v) is 4.11. The van der Waals surface area contributed by atoms with Crippen LogP contribution in [0.25, 0.3) is 0 Å². The van der Waals surface area contributed by atoms with E-state index in [9.17, 15) is 0 Å². The number of thiophene rings is 1. The lowest BCUT2D eigenvalue weighted by atomic mass is 10.2. The van der Waals surface area contributed by atoms with Crippen molar-refractivity contribution >= 4 is 44.6 Å². The van der Waals surface area contributed by atoms with E-state index in [2.05, 4.69) is 33.4 Å². The first-order chi connectivity index (χ1) is 8.19. The number of nitrogens with zero attached hydrogens (tertiary/aromatic N) is 1. The summed E-state index contributed by atoms with van der Waals surface area (Å²) < 4.78 is 1.08. The van der Waals surface area contributed by atoms with Crippen LogP contribution in [0, 0.1) is 11.3 Å². The molecule has 0 fully saturated rings. The minimum absolute atomic E-state index is 0.563. The van der Waals surface area contributed by atoms with E-state index >= 15 is 0 Å².